The third-order valence-electron chi connectivity index (χ3n) is 2.44. The number of aromatic nitrogens is 1. The summed E-state index contributed by atoms with van der Waals surface area (Å²) in [7, 11) is 1.43. The van der Waals surface area contributed by atoms with Crippen molar-refractivity contribution < 1.29 is 14.4 Å². The smallest absolute Gasteiger partial charge is 0.273 e. The highest BCUT2D eigenvalue weighted by atomic mass is 16.6. The number of methoxy groups -OCH3 is 1. The SMILES string of the molecule is COc1ccc([N+](=O)[O-])cc1Oc1ccc(C#N)cn1. The van der Waals surface area contributed by atoms with E-state index >= 15 is 0 Å². The van der Waals surface area contributed by atoms with Gasteiger partial charge in [0.15, 0.2) is 11.5 Å². The van der Waals surface area contributed by atoms with Crippen LogP contribution in [0.2, 0.25) is 0 Å². The van der Waals surface area contributed by atoms with Crippen molar-refractivity contribution in [1.82, 2.24) is 4.98 Å². The maximum Gasteiger partial charge on any atom is 0.273 e. The van der Waals surface area contributed by atoms with Crippen molar-refractivity contribution in [2.45, 2.75) is 0 Å². The van der Waals surface area contributed by atoms with Gasteiger partial charge in [0.05, 0.1) is 23.7 Å². The number of ether oxygens (including phenoxy) is 2. The Morgan fingerprint density at radius 2 is 2.10 bits per heavy atom. The molecule has 2 aromatic rings. The summed E-state index contributed by atoms with van der Waals surface area (Å²) in [5, 5.41) is 19.4. The Bertz CT molecular complexity index is 677. The van der Waals surface area contributed by atoms with Gasteiger partial charge in [-0.2, -0.15) is 5.26 Å². The largest absolute Gasteiger partial charge is 0.493 e. The van der Waals surface area contributed by atoms with Crippen molar-refractivity contribution in [3.8, 4) is 23.4 Å². The molecule has 0 atom stereocenters. The van der Waals surface area contributed by atoms with Crippen molar-refractivity contribution >= 4 is 5.69 Å². The number of nitro groups is 1. The molecule has 0 spiro atoms. The third kappa shape index (κ3) is 2.81. The molecule has 1 heterocycles. The second-order valence-electron chi connectivity index (χ2n) is 3.69. The van der Waals surface area contributed by atoms with Crippen molar-refractivity contribution in [3.05, 3.63) is 52.2 Å². The molecule has 0 aliphatic carbocycles. The Balaban J connectivity index is 2.33. The van der Waals surface area contributed by atoms with E-state index in [9.17, 15) is 10.1 Å². The first-order valence-corrected chi connectivity index (χ1v) is 5.50. The molecular weight excluding hydrogens is 262 g/mol. The number of rotatable bonds is 4. The molecular formula is C13H9N3O4. The van der Waals surface area contributed by atoms with Gasteiger partial charge in [-0.05, 0) is 12.1 Å². The van der Waals surface area contributed by atoms with Crippen LogP contribution in [-0.2, 0) is 0 Å². The highest BCUT2D eigenvalue weighted by Crippen LogP contribution is 2.33. The number of hydrogen-bond donors (Lipinski definition) is 0. The van der Waals surface area contributed by atoms with Crippen LogP contribution in [0.4, 0.5) is 5.69 Å². The Morgan fingerprint density at radius 3 is 2.65 bits per heavy atom. The lowest BCUT2D eigenvalue weighted by Crippen LogP contribution is -1.94. The highest BCUT2D eigenvalue weighted by Gasteiger charge is 2.13. The molecule has 1 aromatic carbocycles. The lowest BCUT2D eigenvalue weighted by molar-refractivity contribution is -0.384. The van der Waals surface area contributed by atoms with E-state index in [0.29, 0.717) is 11.3 Å². The van der Waals surface area contributed by atoms with Crippen LogP contribution < -0.4 is 9.47 Å². The van der Waals surface area contributed by atoms with E-state index in [1.165, 1.54) is 43.6 Å². The van der Waals surface area contributed by atoms with Gasteiger partial charge in [-0.25, -0.2) is 4.98 Å². The van der Waals surface area contributed by atoms with E-state index in [0.717, 1.165) is 0 Å². The predicted octanol–water partition coefficient (Wildman–Crippen LogP) is 2.66. The van der Waals surface area contributed by atoms with E-state index in [-0.39, 0.29) is 17.3 Å². The van der Waals surface area contributed by atoms with Crippen LogP contribution in [0.5, 0.6) is 17.4 Å². The van der Waals surface area contributed by atoms with Gasteiger partial charge < -0.3 is 9.47 Å². The molecule has 0 N–H and O–H groups in total. The van der Waals surface area contributed by atoms with Crippen LogP contribution >= 0.6 is 0 Å². The Morgan fingerprint density at radius 1 is 1.30 bits per heavy atom. The zero-order chi connectivity index (χ0) is 14.5. The number of pyridine rings is 1. The van der Waals surface area contributed by atoms with Gasteiger partial charge in [-0.1, -0.05) is 0 Å². The van der Waals surface area contributed by atoms with E-state index in [1.807, 2.05) is 6.07 Å². The van der Waals surface area contributed by atoms with Gasteiger partial charge in [-0.15, -0.1) is 0 Å². The van der Waals surface area contributed by atoms with Crippen LogP contribution in [-0.4, -0.2) is 17.0 Å². The summed E-state index contributed by atoms with van der Waals surface area (Å²) in [5.74, 6) is 0.739. The molecule has 7 heteroatoms. The van der Waals surface area contributed by atoms with Gasteiger partial charge in [0.25, 0.3) is 5.69 Å². The number of benzene rings is 1. The maximum absolute atomic E-state index is 10.7. The summed E-state index contributed by atoms with van der Waals surface area (Å²) >= 11 is 0. The molecule has 0 bridgehead atoms. The molecule has 100 valence electrons. The third-order valence-corrected chi connectivity index (χ3v) is 2.44. The van der Waals surface area contributed by atoms with E-state index in [2.05, 4.69) is 4.98 Å². The fourth-order valence-electron chi connectivity index (χ4n) is 1.48. The molecule has 0 saturated carbocycles. The van der Waals surface area contributed by atoms with Gasteiger partial charge in [0.2, 0.25) is 5.88 Å². The lowest BCUT2D eigenvalue weighted by Gasteiger charge is -2.09. The first kappa shape index (κ1) is 13.3. The van der Waals surface area contributed by atoms with E-state index in [1.54, 1.807) is 0 Å². The van der Waals surface area contributed by atoms with Crippen molar-refractivity contribution in [1.29, 1.82) is 5.26 Å². The summed E-state index contributed by atoms with van der Waals surface area (Å²) in [5.41, 5.74) is 0.276. The standard InChI is InChI=1S/C13H9N3O4/c1-19-11-4-3-10(16(17)18)6-12(11)20-13-5-2-9(7-14)8-15-13/h2-6,8H,1H3. The topological polar surface area (TPSA) is 98.3 Å². The molecule has 0 aliphatic rings. The molecule has 1 aromatic heterocycles. The Hall–Kier alpha value is -3.14. The highest BCUT2D eigenvalue weighted by molar-refractivity contribution is 5.49. The minimum Gasteiger partial charge on any atom is -0.493 e. The first-order valence-electron chi connectivity index (χ1n) is 5.50. The van der Waals surface area contributed by atoms with Crippen molar-refractivity contribution in [3.63, 3.8) is 0 Å². The monoisotopic (exact) mass is 271 g/mol. The molecule has 0 fully saturated rings. The van der Waals surface area contributed by atoms with E-state index in [4.69, 9.17) is 14.7 Å². The van der Waals surface area contributed by atoms with Crippen molar-refractivity contribution in [2.75, 3.05) is 7.11 Å². The average Bonchev–Trinajstić information content (AvgIpc) is 2.48. The minimum atomic E-state index is -0.529. The quantitative estimate of drug-likeness (QED) is 0.626. The normalized spacial score (nSPS) is 9.60. The number of nitriles is 1. The van der Waals surface area contributed by atoms with Crippen molar-refractivity contribution in [2.24, 2.45) is 0 Å². The number of nitro benzene ring substituents is 1. The summed E-state index contributed by atoms with van der Waals surface area (Å²) < 4.78 is 10.5. The van der Waals surface area contributed by atoms with Gasteiger partial charge in [0, 0.05) is 18.3 Å². The molecule has 0 radical (unpaired) electrons. The minimum absolute atomic E-state index is 0.116. The summed E-state index contributed by atoms with van der Waals surface area (Å²) in [6, 6.07) is 8.97. The second-order valence-corrected chi connectivity index (χ2v) is 3.69. The van der Waals surface area contributed by atoms with Gasteiger partial charge in [-0.3, -0.25) is 10.1 Å². The molecule has 0 unspecified atom stereocenters. The molecule has 0 aliphatic heterocycles. The predicted molar refractivity (Wildman–Crippen MR) is 68.7 cm³/mol. The molecule has 7 nitrogen and oxygen atoms in total. The number of hydrogen-bond acceptors (Lipinski definition) is 6. The summed E-state index contributed by atoms with van der Waals surface area (Å²) in [4.78, 5) is 14.1. The van der Waals surface area contributed by atoms with Crippen LogP contribution in [0.15, 0.2) is 36.5 Å². The number of non-ortho nitro benzene ring substituents is 1. The molecule has 0 amide bonds. The second kappa shape index (κ2) is 5.67. The van der Waals surface area contributed by atoms with Crippen LogP contribution in [0.3, 0.4) is 0 Å². The van der Waals surface area contributed by atoms with Gasteiger partial charge in [0.1, 0.15) is 6.07 Å². The fourth-order valence-corrected chi connectivity index (χ4v) is 1.48. The molecule has 2 rings (SSSR count). The zero-order valence-corrected chi connectivity index (χ0v) is 10.4. The van der Waals surface area contributed by atoms with Gasteiger partial charge >= 0.3 is 0 Å². The zero-order valence-electron chi connectivity index (χ0n) is 10.4. The van der Waals surface area contributed by atoms with Crippen LogP contribution in [0.1, 0.15) is 5.56 Å². The maximum atomic E-state index is 10.7. The summed E-state index contributed by atoms with van der Waals surface area (Å²) in [6.45, 7) is 0. The summed E-state index contributed by atoms with van der Waals surface area (Å²) in [6.07, 6.45) is 1.35. The number of nitrogens with zero attached hydrogens (tertiary/aromatic N) is 3. The molecule has 0 saturated heterocycles. The Kier molecular flexibility index (Phi) is 3.77. The molecule has 20 heavy (non-hydrogen) atoms. The first-order chi connectivity index (χ1) is 9.63. The van der Waals surface area contributed by atoms with Crippen LogP contribution in [0.25, 0.3) is 0 Å². The van der Waals surface area contributed by atoms with E-state index < -0.39 is 4.92 Å². The average molecular weight is 271 g/mol. The Labute approximate surface area is 114 Å². The fraction of sp³-hybridized carbons (Fsp3) is 0.0769. The lowest BCUT2D eigenvalue weighted by atomic mass is 10.3. The van der Waals surface area contributed by atoms with Crippen LogP contribution in [0, 0.1) is 21.4 Å².